The fourth-order valence-electron chi connectivity index (χ4n) is 2.39. The van der Waals surface area contributed by atoms with Gasteiger partial charge in [0.15, 0.2) is 0 Å². The van der Waals surface area contributed by atoms with E-state index in [9.17, 15) is 13.2 Å². The Morgan fingerprint density at radius 3 is 2.74 bits per heavy atom. The van der Waals surface area contributed by atoms with Crippen molar-refractivity contribution in [3.63, 3.8) is 0 Å². The highest BCUT2D eigenvalue weighted by atomic mass is 32.2. The smallest absolute Gasteiger partial charge is 0.316 e. The lowest BCUT2D eigenvalue weighted by Gasteiger charge is -2.33. The molecule has 1 heterocycles. The number of alkyl halides is 3. The highest BCUT2D eigenvalue weighted by Gasteiger charge is 2.28. The first-order valence-corrected chi connectivity index (χ1v) is 7.99. The van der Waals surface area contributed by atoms with Gasteiger partial charge in [0.2, 0.25) is 0 Å². The van der Waals surface area contributed by atoms with Crippen molar-refractivity contribution in [2.45, 2.75) is 32.2 Å². The van der Waals surface area contributed by atoms with Crippen LogP contribution in [0.2, 0.25) is 0 Å². The summed E-state index contributed by atoms with van der Waals surface area (Å²) < 4.78 is 36.2. The van der Waals surface area contributed by atoms with E-state index in [1.165, 1.54) is 6.42 Å². The van der Waals surface area contributed by atoms with Crippen LogP contribution in [0, 0.1) is 11.8 Å². The van der Waals surface area contributed by atoms with E-state index in [4.69, 9.17) is 0 Å². The molecule has 1 saturated heterocycles. The summed E-state index contributed by atoms with van der Waals surface area (Å²) in [4.78, 5) is 2.17. The highest BCUT2D eigenvalue weighted by Crippen LogP contribution is 2.30. The summed E-state index contributed by atoms with van der Waals surface area (Å²) in [5, 5.41) is 3.44. The van der Waals surface area contributed by atoms with Crippen molar-refractivity contribution in [3.8, 4) is 0 Å². The topological polar surface area (TPSA) is 15.3 Å². The second-order valence-electron chi connectivity index (χ2n) is 5.66. The van der Waals surface area contributed by atoms with Gasteiger partial charge in [-0.05, 0) is 56.1 Å². The summed E-state index contributed by atoms with van der Waals surface area (Å²) >= 11 is 0.0929. The maximum Gasteiger partial charge on any atom is 0.441 e. The molecule has 1 unspecified atom stereocenters. The molecule has 0 radical (unpaired) electrons. The molecule has 0 aromatic heterocycles. The van der Waals surface area contributed by atoms with Crippen molar-refractivity contribution in [1.82, 2.24) is 10.2 Å². The van der Waals surface area contributed by atoms with Crippen molar-refractivity contribution >= 4 is 11.8 Å². The first-order chi connectivity index (χ1) is 8.87. The van der Waals surface area contributed by atoms with Gasteiger partial charge in [0.25, 0.3) is 0 Å². The second kappa shape index (κ2) is 8.37. The first-order valence-electron chi connectivity index (χ1n) is 7.00. The molecule has 0 saturated carbocycles. The molecule has 1 N–H and O–H groups in total. The van der Waals surface area contributed by atoms with Gasteiger partial charge in [0.05, 0.1) is 0 Å². The molecule has 2 nitrogen and oxygen atoms in total. The van der Waals surface area contributed by atoms with Crippen LogP contribution in [-0.4, -0.2) is 48.9 Å². The average molecular weight is 298 g/mol. The average Bonchev–Trinajstić information content (AvgIpc) is 2.27. The van der Waals surface area contributed by atoms with Crippen LogP contribution < -0.4 is 5.32 Å². The van der Waals surface area contributed by atoms with E-state index in [1.54, 1.807) is 0 Å². The molecule has 1 aliphatic rings. The van der Waals surface area contributed by atoms with E-state index in [2.05, 4.69) is 24.1 Å². The number of nitrogens with zero attached hydrogens (tertiary/aromatic N) is 1. The molecule has 0 spiro atoms. The Morgan fingerprint density at radius 2 is 2.11 bits per heavy atom. The van der Waals surface area contributed by atoms with Gasteiger partial charge in [0.1, 0.15) is 0 Å². The second-order valence-corrected chi connectivity index (χ2v) is 6.81. The first kappa shape index (κ1) is 17.1. The molecule has 1 atom stereocenters. The zero-order chi connectivity index (χ0) is 14.3. The van der Waals surface area contributed by atoms with Crippen LogP contribution >= 0.6 is 11.8 Å². The van der Waals surface area contributed by atoms with E-state index in [-0.39, 0.29) is 17.5 Å². The van der Waals surface area contributed by atoms with Gasteiger partial charge >= 0.3 is 5.51 Å². The van der Waals surface area contributed by atoms with Crippen molar-refractivity contribution in [2.75, 3.05) is 38.5 Å². The molecular weight excluding hydrogens is 273 g/mol. The summed E-state index contributed by atoms with van der Waals surface area (Å²) in [6, 6.07) is 0. The normalized spacial score (nSPS) is 22.1. The Morgan fingerprint density at radius 1 is 1.37 bits per heavy atom. The van der Waals surface area contributed by atoms with Gasteiger partial charge in [-0.25, -0.2) is 0 Å². The minimum absolute atomic E-state index is 0.0929. The van der Waals surface area contributed by atoms with E-state index < -0.39 is 5.51 Å². The summed E-state index contributed by atoms with van der Waals surface area (Å²) in [5.41, 5.74) is -4.09. The van der Waals surface area contributed by atoms with Gasteiger partial charge in [-0.15, -0.1) is 0 Å². The highest BCUT2D eigenvalue weighted by molar-refractivity contribution is 8.00. The van der Waals surface area contributed by atoms with Crippen LogP contribution in [0.15, 0.2) is 0 Å². The Labute approximate surface area is 118 Å². The maximum absolute atomic E-state index is 12.1. The Hall–Kier alpha value is 0.0600. The molecule has 0 aromatic carbocycles. The minimum Gasteiger partial charge on any atom is -0.316 e. The number of hydrogen-bond acceptors (Lipinski definition) is 3. The number of likely N-dealkylation sites (tertiary alicyclic amines) is 1. The predicted molar refractivity (Wildman–Crippen MR) is 75.4 cm³/mol. The third-order valence-electron chi connectivity index (χ3n) is 3.26. The third kappa shape index (κ3) is 8.76. The van der Waals surface area contributed by atoms with Crippen molar-refractivity contribution in [1.29, 1.82) is 0 Å². The van der Waals surface area contributed by atoms with Gasteiger partial charge < -0.3 is 10.2 Å². The fourth-order valence-corrected chi connectivity index (χ4v) is 2.97. The number of nitrogens with one attached hydrogen (secondary N) is 1. The maximum atomic E-state index is 12.1. The van der Waals surface area contributed by atoms with Gasteiger partial charge in [0, 0.05) is 18.8 Å². The van der Waals surface area contributed by atoms with Crippen molar-refractivity contribution < 1.29 is 13.2 Å². The molecule has 1 aliphatic heterocycles. The molecule has 0 amide bonds. The lowest BCUT2D eigenvalue weighted by Crippen LogP contribution is -2.41. The molecule has 0 aliphatic carbocycles. The zero-order valence-corrected chi connectivity index (χ0v) is 12.6. The van der Waals surface area contributed by atoms with Crippen LogP contribution in [-0.2, 0) is 0 Å². The summed E-state index contributed by atoms with van der Waals surface area (Å²) in [6.45, 7) is 8.78. The zero-order valence-electron chi connectivity index (χ0n) is 11.8. The van der Waals surface area contributed by atoms with E-state index >= 15 is 0 Å². The standard InChI is InChI=1S/C13H25F3N2S/c1-11(2)8-17-9-12-4-3-5-18(10-12)6-7-19-13(14,15)16/h11-12,17H,3-10H2,1-2H3. The van der Waals surface area contributed by atoms with Crippen LogP contribution in [0.25, 0.3) is 0 Å². The van der Waals surface area contributed by atoms with E-state index in [0.717, 1.165) is 32.6 Å². The molecule has 0 aromatic rings. The number of piperidine rings is 1. The lowest BCUT2D eigenvalue weighted by atomic mass is 9.98. The third-order valence-corrected chi connectivity index (χ3v) is 3.98. The van der Waals surface area contributed by atoms with Crippen LogP contribution in [0.5, 0.6) is 0 Å². The number of hydrogen-bond donors (Lipinski definition) is 1. The Bertz CT molecular complexity index is 247. The van der Waals surface area contributed by atoms with Crippen LogP contribution in [0.1, 0.15) is 26.7 Å². The monoisotopic (exact) mass is 298 g/mol. The molecule has 6 heteroatoms. The molecule has 1 fully saturated rings. The number of thioether (sulfide) groups is 1. The van der Waals surface area contributed by atoms with Gasteiger partial charge in [-0.1, -0.05) is 13.8 Å². The summed E-state index contributed by atoms with van der Waals surface area (Å²) in [7, 11) is 0. The predicted octanol–water partition coefficient (Wildman–Crippen LogP) is 3.20. The fraction of sp³-hybridized carbons (Fsp3) is 1.00. The van der Waals surface area contributed by atoms with Crippen molar-refractivity contribution in [2.24, 2.45) is 11.8 Å². The summed E-state index contributed by atoms with van der Waals surface area (Å²) in [5.74, 6) is 1.38. The van der Waals surface area contributed by atoms with E-state index in [1.807, 2.05) is 0 Å². The number of halogens is 3. The lowest BCUT2D eigenvalue weighted by molar-refractivity contribution is -0.0329. The molecule has 114 valence electrons. The Kier molecular flexibility index (Phi) is 7.54. The minimum atomic E-state index is -4.09. The SMILES string of the molecule is CC(C)CNCC1CCCN(CCSC(F)(F)F)C1. The van der Waals surface area contributed by atoms with Crippen molar-refractivity contribution in [3.05, 3.63) is 0 Å². The van der Waals surface area contributed by atoms with Crippen LogP contribution in [0.3, 0.4) is 0 Å². The van der Waals surface area contributed by atoms with E-state index in [0.29, 0.717) is 18.4 Å². The molecule has 1 rings (SSSR count). The Balaban J connectivity index is 2.15. The molecule has 19 heavy (non-hydrogen) atoms. The van der Waals surface area contributed by atoms with Crippen LogP contribution in [0.4, 0.5) is 13.2 Å². The summed E-state index contributed by atoms with van der Waals surface area (Å²) in [6.07, 6.45) is 2.29. The van der Waals surface area contributed by atoms with Gasteiger partial charge in [-0.3, -0.25) is 0 Å². The van der Waals surface area contributed by atoms with Gasteiger partial charge in [-0.2, -0.15) is 13.2 Å². The number of rotatable bonds is 7. The largest absolute Gasteiger partial charge is 0.441 e. The molecule has 0 bridgehead atoms. The quantitative estimate of drug-likeness (QED) is 0.777. The molecular formula is C13H25F3N2S.